The van der Waals surface area contributed by atoms with Crippen LogP contribution in [0.5, 0.6) is 0 Å². The van der Waals surface area contributed by atoms with Gasteiger partial charge >= 0.3 is 0 Å². The summed E-state index contributed by atoms with van der Waals surface area (Å²) < 4.78 is 13.7. The first-order valence-corrected chi connectivity index (χ1v) is 9.19. The summed E-state index contributed by atoms with van der Waals surface area (Å²) in [7, 11) is 0. The Hall–Kier alpha value is -1.28. The third kappa shape index (κ3) is 3.08. The highest BCUT2D eigenvalue weighted by molar-refractivity contribution is 7.98. The first-order valence-electron chi connectivity index (χ1n) is 8.20. The van der Waals surface area contributed by atoms with Gasteiger partial charge in [0.2, 0.25) is 0 Å². The average molecular weight is 314 g/mol. The maximum atomic E-state index is 13.7. The van der Waals surface area contributed by atoms with Gasteiger partial charge in [0.15, 0.2) is 0 Å². The van der Waals surface area contributed by atoms with Crippen molar-refractivity contribution in [3.8, 4) is 0 Å². The van der Waals surface area contributed by atoms with Crippen molar-refractivity contribution in [2.75, 3.05) is 0 Å². The van der Waals surface area contributed by atoms with E-state index in [1.54, 1.807) is 12.1 Å². The molecule has 0 radical (unpaired) electrons. The predicted octanol–water partition coefficient (Wildman–Crippen LogP) is 6.39. The largest absolute Gasteiger partial charge is 0.207 e. The molecule has 2 atom stereocenters. The summed E-state index contributed by atoms with van der Waals surface area (Å²) in [5.74, 6) is 1.70. The van der Waals surface area contributed by atoms with Gasteiger partial charge in [0.1, 0.15) is 5.82 Å². The van der Waals surface area contributed by atoms with Crippen molar-refractivity contribution >= 4 is 11.8 Å². The Morgan fingerprint density at radius 3 is 2.82 bits per heavy atom. The monoisotopic (exact) mass is 314 g/mol. The van der Waals surface area contributed by atoms with Gasteiger partial charge in [-0.1, -0.05) is 51.0 Å². The van der Waals surface area contributed by atoms with Crippen LogP contribution in [-0.2, 0) is 5.75 Å². The molecule has 1 aliphatic rings. The zero-order valence-corrected chi connectivity index (χ0v) is 14.1. The summed E-state index contributed by atoms with van der Waals surface area (Å²) >= 11 is 1.84. The number of halogens is 1. The van der Waals surface area contributed by atoms with Crippen LogP contribution in [0, 0.1) is 11.7 Å². The van der Waals surface area contributed by atoms with E-state index in [1.165, 1.54) is 35.3 Å². The Kier molecular flexibility index (Phi) is 4.87. The number of benzene rings is 2. The average Bonchev–Trinajstić information content (AvgIpc) is 2.69. The van der Waals surface area contributed by atoms with Gasteiger partial charge in [-0.2, -0.15) is 0 Å². The minimum atomic E-state index is -0.120. The van der Waals surface area contributed by atoms with Crippen LogP contribution in [0.25, 0.3) is 0 Å². The molecule has 1 aliphatic heterocycles. The second-order valence-electron chi connectivity index (χ2n) is 6.27. The minimum absolute atomic E-state index is 0.120. The normalized spacial score (nSPS) is 18.2. The van der Waals surface area contributed by atoms with Crippen LogP contribution in [0.3, 0.4) is 0 Å². The summed E-state index contributed by atoms with van der Waals surface area (Å²) in [6.45, 7) is 4.59. The van der Waals surface area contributed by atoms with E-state index in [0.717, 1.165) is 11.3 Å². The van der Waals surface area contributed by atoms with Gasteiger partial charge in [0, 0.05) is 16.6 Å². The molecule has 1 unspecified atom stereocenters. The van der Waals surface area contributed by atoms with Crippen LogP contribution in [0.1, 0.15) is 55.7 Å². The smallest absolute Gasteiger partial charge is 0.123 e. The molecule has 0 N–H and O–H groups in total. The lowest BCUT2D eigenvalue weighted by Gasteiger charge is -2.26. The number of hydrogen-bond donors (Lipinski definition) is 0. The van der Waals surface area contributed by atoms with Gasteiger partial charge in [-0.25, -0.2) is 4.39 Å². The van der Waals surface area contributed by atoms with Crippen LogP contribution < -0.4 is 0 Å². The van der Waals surface area contributed by atoms with Gasteiger partial charge < -0.3 is 0 Å². The quantitative estimate of drug-likeness (QED) is 0.630. The van der Waals surface area contributed by atoms with Gasteiger partial charge in [-0.15, -0.1) is 11.8 Å². The maximum absolute atomic E-state index is 13.7. The molecule has 22 heavy (non-hydrogen) atoms. The molecule has 2 aromatic carbocycles. The third-order valence-corrected chi connectivity index (χ3v) is 5.80. The molecule has 116 valence electrons. The highest BCUT2D eigenvalue weighted by Crippen LogP contribution is 2.45. The molecule has 0 saturated carbocycles. The number of rotatable bonds is 4. The van der Waals surface area contributed by atoms with E-state index >= 15 is 0 Å². The maximum Gasteiger partial charge on any atom is 0.123 e. The van der Waals surface area contributed by atoms with E-state index < -0.39 is 0 Å². The summed E-state index contributed by atoms with van der Waals surface area (Å²) in [5, 5.41) is 0. The van der Waals surface area contributed by atoms with E-state index in [1.807, 2.05) is 17.8 Å². The van der Waals surface area contributed by atoms with Gasteiger partial charge in [0.25, 0.3) is 0 Å². The molecule has 0 amide bonds. The molecular weight excluding hydrogens is 291 g/mol. The number of unbranched alkanes of at least 4 members (excludes halogenated alkanes) is 1. The molecule has 0 aromatic heterocycles. The zero-order valence-electron chi connectivity index (χ0n) is 13.3. The van der Waals surface area contributed by atoms with Crippen molar-refractivity contribution in [2.45, 2.75) is 49.7 Å². The first-order chi connectivity index (χ1) is 10.7. The van der Waals surface area contributed by atoms with Crippen LogP contribution in [-0.4, -0.2) is 0 Å². The van der Waals surface area contributed by atoms with Crippen LogP contribution >= 0.6 is 11.8 Å². The Morgan fingerprint density at radius 2 is 2.00 bits per heavy atom. The second kappa shape index (κ2) is 6.87. The van der Waals surface area contributed by atoms with Crippen LogP contribution in [0.2, 0.25) is 0 Å². The van der Waals surface area contributed by atoms with E-state index in [4.69, 9.17) is 0 Å². The molecule has 0 fully saturated rings. The van der Waals surface area contributed by atoms with Crippen molar-refractivity contribution in [1.29, 1.82) is 0 Å². The van der Waals surface area contributed by atoms with E-state index in [9.17, 15) is 4.39 Å². The fourth-order valence-corrected chi connectivity index (χ4v) is 4.60. The first kappa shape index (κ1) is 15.6. The number of thioether (sulfide) groups is 1. The fourth-order valence-electron chi connectivity index (χ4n) is 3.50. The predicted molar refractivity (Wildman–Crippen MR) is 92.9 cm³/mol. The third-order valence-electron chi connectivity index (χ3n) is 4.66. The molecule has 2 aromatic rings. The van der Waals surface area contributed by atoms with Crippen molar-refractivity contribution in [3.63, 3.8) is 0 Å². The fraction of sp³-hybridized carbons (Fsp3) is 0.400. The molecule has 0 saturated heterocycles. The summed E-state index contributed by atoms with van der Waals surface area (Å²) in [6.07, 6.45) is 3.70. The Labute approximate surface area is 137 Å². The van der Waals surface area contributed by atoms with E-state index in [-0.39, 0.29) is 5.82 Å². The summed E-state index contributed by atoms with van der Waals surface area (Å²) in [4.78, 5) is 1.35. The van der Waals surface area contributed by atoms with Crippen LogP contribution in [0.15, 0.2) is 47.4 Å². The van der Waals surface area contributed by atoms with Gasteiger partial charge in [-0.3, -0.25) is 0 Å². The molecule has 0 aliphatic carbocycles. The van der Waals surface area contributed by atoms with Crippen molar-refractivity contribution in [3.05, 3.63) is 65.0 Å². The summed E-state index contributed by atoms with van der Waals surface area (Å²) in [6, 6.07) is 14.1. The lowest BCUT2D eigenvalue weighted by molar-refractivity contribution is 0.450. The Morgan fingerprint density at radius 1 is 1.18 bits per heavy atom. The molecule has 3 rings (SSSR count). The van der Waals surface area contributed by atoms with E-state index in [0.29, 0.717) is 11.8 Å². The van der Waals surface area contributed by atoms with Crippen LogP contribution in [0.4, 0.5) is 4.39 Å². The molecule has 0 spiro atoms. The standard InChI is InChI=1S/C20H23FS/c1-3-4-7-14(2)20-17-11-10-16(21)12-15(17)13-22-19-9-6-5-8-18(19)20/h5-6,8-12,14,20H,3-4,7,13H2,1-2H3/t14-,20?/m1/s1. The second-order valence-corrected chi connectivity index (χ2v) is 7.28. The minimum Gasteiger partial charge on any atom is -0.207 e. The molecule has 0 nitrogen and oxygen atoms in total. The van der Waals surface area contributed by atoms with Gasteiger partial charge in [-0.05, 0) is 47.2 Å². The number of fused-ring (bicyclic) bond motifs is 2. The lowest BCUT2D eigenvalue weighted by atomic mass is 9.78. The highest BCUT2D eigenvalue weighted by Gasteiger charge is 2.28. The Balaban J connectivity index is 2.08. The van der Waals surface area contributed by atoms with Crippen molar-refractivity contribution < 1.29 is 4.39 Å². The molecule has 1 heterocycles. The summed E-state index contributed by atoms with van der Waals surface area (Å²) in [5.41, 5.74) is 3.90. The molecular formula is C20H23FS. The molecule has 2 heteroatoms. The SMILES string of the molecule is CCCC[C@@H](C)C1c2ccc(F)cc2CSc2ccccc21. The molecule has 0 bridgehead atoms. The van der Waals surface area contributed by atoms with Crippen molar-refractivity contribution in [2.24, 2.45) is 5.92 Å². The van der Waals surface area contributed by atoms with Crippen molar-refractivity contribution in [1.82, 2.24) is 0 Å². The van der Waals surface area contributed by atoms with E-state index in [2.05, 4.69) is 38.1 Å². The topological polar surface area (TPSA) is 0 Å². The number of hydrogen-bond acceptors (Lipinski definition) is 1. The van der Waals surface area contributed by atoms with Gasteiger partial charge in [0.05, 0.1) is 0 Å². The zero-order chi connectivity index (χ0) is 15.5. The lowest BCUT2D eigenvalue weighted by Crippen LogP contribution is -2.13. The Bertz CT molecular complexity index is 650. The highest BCUT2D eigenvalue weighted by atomic mass is 32.2.